The molecule has 0 bridgehead atoms. The zero-order valence-electron chi connectivity index (χ0n) is 14.5. The van der Waals surface area contributed by atoms with Gasteiger partial charge in [-0.1, -0.05) is 31.2 Å². The van der Waals surface area contributed by atoms with Gasteiger partial charge in [-0.2, -0.15) is 5.10 Å². The fraction of sp³-hybridized carbons (Fsp3) is 0.444. The van der Waals surface area contributed by atoms with Crippen molar-refractivity contribution in [2.24, 2.45) is 7.05 Å². The molecule has 1 heterocycles. The van der Waals surface area contributed by atoms with Gasteiger partial charge in [-0.05, 0) is 38.3 Å². The zero-order valence-corrected chi connectivity index (χ0v) is 14.5. The third-order valence-corrected chi connectivity index (χ3v) is 4.06. The number of hydrogen-bond acceptors (Lipinski definition) is 3. The number of carbonyl (C=O) groups excluding carboxylic acids is 1. The van der Waals surface area contributed by atoms with E-state index < -0.39 is 0 Å². The van der Waals surface area contributed by atoms with Crippen molar-refractivity contribution >= 4 is 5.91 Å². The Morgan fingerprint density at radius 3 is 2.48 bits per heavy atom. The van der Waals surface area contributed by atoms with E-state index in [0.29, 0.717) is 5.75 Å². The SMILES string of the molecule is CCc1ccc([C@H](C)NC(=O)COc2c(C)nn(C)c2C)cc1. The topological polar surface area (TPSA) is 56.1 Å². The molecule has 0 aliphatic rings. The molecule has 1 atom stereocenters. The summed E-state index contributed by atoms with van der Waals surface area (Å²) in [5, 5.41) is 7.23. The Morgan fingerprint density at radius 2 is 1.96 bits per heavy atom. The van der Waals surface area contributed by atoms with E-state index in [-0.39, 0.29) is 18.6 Å². The molecule has 5 nitrogen and oxygen atoms in total. The molecule has 2 aromatic rings. The quantitative estimate of drug-likeness (QED) is 0.892. The molecule has 124 valence electrons. The molecule has 1 aromatic carbocycles. The minimum atomic E-state index is -0.139. The molecule has 0 unspecified atom stereocenters. The van der Waals surface area contributed by atoms with Crippen LogP contribution in [0.4, 0.5) is 0 Å². The molecule has 23 heavy (non-hydrogen) atoms. The van der Waals surface area contributed by atoms with Gasteiger partial charge in [-0.25, -0.2) is 0 Å². The number of ether oxygens (including phenoxy) is 1. The largest absolute Gasteiger partial charge is 0.480 e. The number of nitrogens with one attached hydrogen (secondary N) is 1. The van der Waals surface area contributed by atoms with Gasteiger partial charge in [0.25, 0.3) is 5.91 Å². The maximum Gasteiger partial charge on any atom is 0.258 e. The van der Waals surface area contributed by atoms with Gasteiger partial charge in [0.05, 0.1) is 11.7 Å². The van der Waals surface area contributed by atoms with Crippen LogP contribution < -0.4 is 10.1 Å². The lowest BCUT2D eigenvalue weighted by Gasteiger charge is -2.15. The van der Waals surface area contributed by atoms with Crippen LogP contribution in [0.3, 0.4) is 0 Å². The summed E-state index contributed by atoms with van der Waals surface area (Å²) in [5.41, 5.74) is 4.09. The third-order valence-electron chi connectivity index (χ3n) is 4.06. The molecule has 0 fully saturated rings. The van der Waals surface area contributed by atoms with Crippen molar-refractivity contribution < 1.29 is 9.53 Å². The number of amides is 1. The molecule has 0 aliphatic carbocycles. The Bertz CT molecular complexity index is 674. The van der Waals surface area contributed by atoms with E-state index in [1.165, 1.54) is 5.56 Å². The minimum Gasteiger partial charge on any atom is -0.480 e. The van der Waals surface area contributed by atoms with Crippen molar-refractivity contribution in [3.8, 4) is 5.75 Å². The molecule has 0 saturated carbocycles. The minimum absolute atomic E-state index is 0.00917. The number of nitrogens with zero attached hydrogens (tertiary/aromatic N) is 2. The Hall–Kier alpha value is -2.30. The number of benzene rings is 1. The van der Waals surface area contributed by atoms with Crippen LogP contribution in [0.5, 0.6) is 5.75 Å². The Labute approximate surface area is 137 Å². The number of aryl methyl sites for hydroxylation is 3. The van der Waals surface area contributed by atoms with Crippen molar-refractivity contribution in [3.63, 3.8) is 0 Å². The molecule has 0 radical (unpaired) electrons. The summed E-state index contributed by atoms with van der Waals surface area (Å²) in [7, 11) is 1.86. The van der Waals surface area contributed by atoms with Crippen molar-refractivity contribution in [1.29, 1.82) is 0 Å². The van der Waals surface area contributed by atoms with Gasteiger partial charge in [0.2, 0.25) is 0 Å². The average Bonchev–Trinajstić information content (AvgIpc) is 2.78. The van der Waals surface area contributed by atoms with E-state index in [0.717, 1.165) is 23.4 Å². The van der Waals surface area contributed by atoms with Gasteiger partial charge in [0, 0.05) is 7.05 Å². The van der Waals surface area contributed by atoms with Gasteiger partial charge in [0.15, 0.2) is 12.4 Å². The summed E-state index contributed by atoms with van der Waals surface area (Å²) >= 11 is 0. The number of rotatable bonds is 6. The highest BCUT2D eigenvalue weighted by Crippen LogP contribution is 2.21. The van der Waals surface area contributed by atoms with Gasteiger partial charge >= 0.3 is 0 Å². The summed E-state index contributed by atoms with van der Waals surface area (Å²) in [6.07, 6.45) is 1.01. The maximum atomic E-state index is 12.1. The lowest BCUT2D eigenvalue weighted by molar-refractivity contribution is -0.123. The third kappa shape index (κ3) is 4.12. The van der Waals surface area contributed by atoms with Gasteiger partial charge in [-0.3, -0.25) is 9.48 Å². The fourth-order valence-electron chi connectivity index (χ4n) is 2.51. The normalized spacial score (nSPS) is 12.0. The molecule has 5 heteroatoms. The van der Waals surface area contributed by atoms with Gasteiger partial charge in [0.1, 0.15) is 5.69 Å². The van der Waals surface area contributed by atoms with E-state index in [4.69, 9.17) is 4.74 Å². The molecule has 0 spiro atoms. The smallest absolute Gasteiger partial charge is 0.258 e. The summed E-state index contributed by atoms with van der Waals surface area (Å²) < 4.78 is 7.38. The Morgan fingerprint density at radius 1 is 1.30 bits per heavy atom. The van der Waals surface area contributed by atoms with Crippen LogP contribution in [0.1, 0.15) is 42.4 Å². The molecule has 0 aliphatic heterocycles. The zero-order chi connectivity index (χ0) is 17.0. The standard InChI is InChI=1S/C18H25N3O2/c1-6-15-7-9-16(10-8-15)12(2)19-17(22)11-23-18-13(3)20-21(5)14(18)4/h7-10,12H,6,11H2,1-5H3,(H,19,22)/t12-/m0/s1. The summed E-state index contributed by atoms with van der Waals surface area (Å²) in [4.78, 5) is 12.1. The Balaban J connectivity index is 1.91. The number of aromatic nitrogens is 2. The van der Waals surface area contributed by atoms with Crippen molar-refractivity contribution in [3.05, 3.63) is 46.8 Å². The summed E-state index contributed by atoms with van der Waals surface area (Å²) in [5.74, 6) is 0.544. The van der Waals surface area contributed by atoms with Crippen LogP contribution in [0.15, 0.2) is 24.3 Å². The second-order valence-electron chi connectivity index (χ2n) is 5.80. The highest BCUT2D eigenvalue weighted by molar-refractivity contribution is 5.78. The second kappa shape index (κ2) is 7.31. The average molecular weight is 315 g/mol. The first kappa shape index (κ1) is 17.1. The van der Waals surface area contributed by atoms with E-state index in [1.54, 1.807) is 4.68 Å². The first-order chi connectivity index (χ1) is 10.9. The van der Waals surface area contributed by atoms with Crippen LogP contribution in [-0.4, -0.2) is 22.3 Å². The van der Waals surface area contributed by atoms with E-state index >= 15 is 0 Å². The second-order valence-corrected chi connectivity index (χ2v) is 5.80. The molecule has 1 aromatic heterocycles. The predicted molar refractivity (Wildman–Crippen MR) is 90.6 cm³/mol. The van der Waals surface area contributed by atoms with E-state index in [2.05, 4.69) is 41.6 Å². The highest BCUT2D eigenvalue weighted by atomic mass is 16.5. The van der Waals surface area contributed by atoms with Crippen LogP contribution in [0, 0.1) is 13.8 Å². The number of carbonyl (C=O) groups is 1. The van der Waals surface area contributed by atoms with Crippen LogP contribution in [0.25, 0.3) is 0 Å². The van der Waals surface area contributed by atoms with Gasteiger partial charge in [-0.15, -0.1) is 0 Å². The monoisotopic (exact) mass is 315 g/mol. The van der Waals surface area contributed by atoms with Crippen LogP contribution in [-0.2, 0) is 18.3 Å². The van der Waals surface area contributed by atoms with Crippen molar-refractivity contribution in [2.75, 3.05) is 6.61 Å². The molecular formula is C18H25N3O2. The van der Waals surface area contributed by atoms with Crippen molar-refractivity contribution in [1.82, 2.24) is 15.1 Å². The first-order valence-corrected chi connectivity index (χ1v) is 7.93. The maximum absolute atomic E-state index is 12.1. The molecule has 0 saturated heterocycles. The molecule has 1 N–H and O–H groups in total. The lowest BCUT2D eigenvalue weighted by atomic mass is 10.1. The summed E-state index contributed by atoms with van der Waals surface area (Å²) in [6.45, 7) is 7.88. The Kier molecular flexibility index (Phi) is 5.42. The first-order valence-electron chi connectivity index (χ1n) is 7.93. The lowest BCUT2D eigenvalue weighted by Crippen LogP contribution is -2.31. The van der Waals surface area contributed by atoms with E-state index in [1.807, 2.05) is 27.8 Å². The van der Waals surface area contributed by atoms with Crippen LogP contribution >= 0.6 is 0 Å². The fourth-order valence-corrected chi connectivity index (χ4v) is 2.51. The molecular weight excluding hydrogens is 290 g/mol. The van der Waals surface area contributed by atoms with Gasteiger partial charge < -0.3 is 10.1 Å². The molecule has 1 amide bonds. The molecule has 2 rings (SSSR count). The van der Waals surface area contributed by atoms with E-state index in [9.17, 15) is 4.79 Å². The predicted octanol–water partition coefficient (Wildman–Crippen LogP) is 2.86. The number of hydrogen-bond donors (Lipinski definition) is 1. The van der Waals surface area contributed by atoms with Crippen LogP contribution in [0.2, 0.25) is 0 Å². The highest BCUT2D eigenvalue weighted by Gasteiger charge is 2.14. The van der Waals surface area contributed by atoms with Crippen molar-refractivity contribution in [2.45, 2.75) is 40.2 Å². The summed E-state index contributed by atoms with van der Waals surface area (Å²) in [6, 6.07) is 8.25.